The Labute approximate surface area is 211 Å². The number of thioether (sulfide) groups is 1. The van der Waals surface area contributed by atoms with Gasteiger partial charge < -0.3 is 10.2 Å². The molecular weight excluding hydrogens is 458 g/mol. The number of carbonyl (C=O) groups is 2. The lowest BCUT2D eigenvalue weighted by Gasteiger charge is -2.34. The minimum Gasteiger partial charge on any atom is -0.339 e. The van der Waals surface area contributed by atoms with E-state index >= 15 is 0 Å². The number of nitrogens with zero attached hydrogens (tertiary/aromatic N) is 4. The van der Waals surface area contributed by atoms with E-state index in [9.17, 15) is 9.59 Å². The van der Waals surface area contributed by atoms with E-state index in [4.69, 9.17) is 0 Å². The Balaban J connectivity index is 1.25. The number of amides is 2. The number of piperazine rings is 1. The summed E-state index contributed by atoms with van der Waals surface area (Å²) >= 11 is 1.46. The van der Waals surface area contributed by atoms with Crippen LogP contribution in [0.2, 0.25) is 0 Å². The number of imidazole rings is 1. The molecule has 3 aromatic rings. The summed E-state index contributed by atoms with van der Waals surface area (Å²) in [6.07, 6.45) is 3.70. The Morgan fingerprint density at radius 3 is 2.34 bits per heavy atom. The first-order valence-electron chi connectivity index (χ1n) is 11.9. The Morgan fingerprint density at radius 2 is 1.66 bits per heavy atom. The highest BCUT2D eigenvalue weighted by Gasteiger charge is 2.23. The van der Waals surface area contributed by atoms with Gasteiger partial charge in [-0.2, -0.15) is 0 Å². The maximum absolute atomic E-state index is 12.9. The topological polar surface area (TPSA) is 70.5 Å². The second kappa shape index (κ2) is 11.1. The summed E-state index contributed by atoms with van der Waals surface area (Å²) in [5.41, 5.74) is 6.54. The second-order valence-electron chi connectivity index (χ2n) is 9.11. The third-order valence-corrected chi connectivity index (χ3v) is 7.49. The number of rotatable bonds is 7. The Hall–Kier alpha value is -3.10. The van der Waals surface area contributed by atoms with Crippen molar-refractivity contribution in [3.63, 3.8) is 0 Å². The fourth-order valence-electron chi connectivity index (χ4n) is 4.24. The third kappa shape index (κ3) is 6.13. The van der Waals surface area contributed by atoms with Gasteiger partial charge in [-0.1, -0.05) is 36.0 Å². The molecule has 8 heteroatoms. The molecule has 0 spiro atoms. The van der Waals surface area contributed by atoms with E-state index in [1.54, 1.807) is 6.20 Å². The number of nitrogens with one attached hydrogen (secondary N) is 1. The number of hydrogen-bond donors (Lipinski definition) is 1. The number of hydrogen-bond acceptors (Lipinski definition) is 5. The van der Waals surface area contributed by atoms with Crippen LogP contribution < -0.4 is 5.32 Å². The van der Waals surface area contributed by atoms with Crippen LogP contribution in [0.5, 0.6) is 0 Å². The van der Waals surface area contributed by atoms with Gasteiger partial charge >= 0.3 is 0 Å². The first kappa shape index (κ1) is 25.0. The lowest BCUT2D eigenvalue weighted by Crippen LogP contribution is -2.51. The number of benzene rings is 2. The highest BCUT2D eigenvalue weighted by Crippen LogP contribution is 2.23. The van der Waals surface area contributed by atoms with Crippen molar-refractivity contribution in [2.45, 2.75) is 32.9 Å². The molecule has 0 aliphatic carbocycles. The number of anilines is 1. The Bertz CT molecular complexity index is 1190. The summed E-state index contributed by atoms with van der Waals surface area (Å²) in [5.74, 6) is 0.426. The number of aromatic nitrogens is 2. The molecule has 4 rings (SSSR count). The van der Waals surface area contributed by atoms with Crippen molar-refractivity contribution in [1.29, 1.82) is 0 Å². The largest absolute Gasteiger partial charge is 0.339 e. The summed E-state index contributed by atoms with van der Waals surface area (Å²) in [6.45, 7) is 11.2. The number of aryl methyl sites for hydroxylation is 4. The van der Waals surface area contributed by atoms with E-state index < -0.39 is 0 Å². The average molecular weight is 492 g/mol. The highest BCUT2D eigenvalue weighted by molar-refractivity contribution is 7.99. The minimum absolute atomic E-state index is 0.0177. The predicted octanol–water partition coefficient (Wildman–Crippen LogP) is 3.98. The quantitative estimate of drug-likeness (QED) is 0.506. The van der Waals surface area contributed by atoms with E-state index in [1.807, 2.05) is 47.7 Å². The van der Waals surface area contributed by atoms with Crippen LogP contribution >= 0.6 is 11.8 Å². The maximum Gasteiger partial charge on any atom is 0.238 e. The molecule has 35 heavy (non-hydrogen) atoms. The zero-order valence-electron chi connectivity index (χ0n) is 20.9. The van der Waals surface area contributed by atoms with Crippen molar-refractivity contribution in [2.75, 3.05) is 43.8 Å². The number of carbonyl (C=O) groups excluding carboxylic acids is 2. The van der Waals surface area contributed by atoms with Crippen molar-refractivity contribution >= 4 is 29.3 Å². The molecule has 1 saturated heterocycles. The molecule has 0 saturated carbocycles. The molecule has 1 fully saturated rings. The summed E-state index contributed by atoms with van der Waals surface area (Å²) in [4.78, 5) is 33.9. The normalized spacial score (nSPS) is 14.2. The summed E-state index contributed by atoms with van der Waals surface area (Å²) in [5, 5.41) is 3.86. The molecule has 1 aliphatic heterocycles. The van der Waals surface area contributed by atoms with Gasteiger partial charge in [0.25, 0.3) is 0 Å². The first-order chi connectivity index (χ1) is 16.8. The van der Waals surface area contributed by atoms with Crippen molar-refractivity contribution in [1.82, 2.24) is 19.4 Å². The van der Waals surface area contributed by atoms with E-state index in [1.165, 1.54) is 22.9 Å². The maximum atomic E-state index is 12.9. The fraction of sp³-hybridized carbons (Fsp3) is 0.370. The Morgan fingerprint density at radius 1 is 0.943 bits per heavy atom. The predicted molar refractivity (Wildman–Crippen MR) is 141 cm³/mol. The van der Waals surface area contributed by atoms with Gasteiger partial charge in [-0.05, 0) is 62.1 Å². The monoisotopic (exact) mass is 491 g/mol. The lowest BCUT2D eigenvalue weighted by atomic mass is 10.1. The van der Waals surface area contributed by atoms with Gasteiger partial charge in [0.2, 0.25) is 11.8 Å². The summed E-state index contributed by atoms with van der Waals surface area (Å²) < 4.78 is 2.02. The molecule has 2 amide bonds. The van der Waals surface area contributed by atoms with Crippen molar-refractivity contribution in [3.05, 3.63) is 71.0 Å². The van der Waals surface area contributed by atoms with E-state index in [0.29, 0.717) is 38.5 Å². The van der Waals surface area contributed by atoms with Crippen LogP contribution in [0.1, 0.15) is 22.3 Å². The molecule has 0 unspecified atom stereocenters. The number of para-hydroxylation sites is 1. The van der Waals surface area contributed by atoms with Gasteiger partial charge in [0.05, 0.1) is 12.3 Å². The van der Waals surface area contributed by atoms with Gasteiger partial charge in [-0.3, -0.25) is 19.1 Å². The van der Waals surface area contributed by atoms with Crippen LogP contribution in [-0.2, 0) is 9.59 Å². The van der Waals surface area contributed by atoms with E-state index in [-0.39, 0.29) is 11.8 Å². The fourth-order valence-corrected chi connectivity index (χ4v) is 5.11. The van der Waals surface area contributed by atoms with Crippen LogP contribution in [0, 0.1) is 27.7 Å². The molecular formula is C27H33N5O2S. The van der Waals surface area contributed by atoms with Crippen LogP contribution in [0.3, 0.4) is 0 Å². The molecule has 0 radical (unpaired) electrons. The zero-order chi connectivity index (χ0) is 24.9. The van der Waals surface area contributed by atoms with Gasteiger partial charge in [-0.25, -0.2) is 4.98 Å². The average Bonchev–Trinajstić information content (AvgIpc) is 3.31. The SMILES string of the molecule is Cc1ccc(-n2ccnc2SCC(=O)N2CCN(CC(=O)Nc3c(C)cccc3C)CC2)cc1C. The van der Waals surface area contributed by atoms with Crippen LogP contribution in [0.15, 0.2) is 53.9 Å². The highest BCUT2D eigenvalue weighted by atomic mass is 32.2. The van der Waals surface area contributed by atoms with Gasteiger partial charge in [0.1, 0.15) is 0 Å². The van der Waals surface area contributed by atoms with Crippen molar-refractivity contribution in [3.8, 4) is 5.69 Å². The molecule has 1 aromatic heterocycles. The second-order valence-corrected chi connectivity index (χ2v) is 10.1. The molecule has 2 heterocycles. The zero-order valence-corrected chi connectivity index (χ0v) is 21.7. The molecule has 0 atom stereocenters. The van der Waals surface area contributed by atoms with Crippen molar-refractivity contribution < 1.29 is 9.59 Å². The van der Waals surface area contributed by atoms with E-state index in [2.05, 4.69) is 47.2 Å². The standard InChI is InChI=1S/C27H33N5O2S/c1-19-8-9-23(16-22(19)4)32-11-10-28-27(32)35-18-25(34)31-14-12-30(13-15-31)17-24(33)29-26-20(2)6-5-7-21(26)3/h5-11,16H,12-15,17-18H2,1-4H3,(H,29,33). The molecule has 184 valence electrons. The Kier molecular flexibility index (Phi) is 7.93. The minimum atomic E-state index is -0.0177. The molecule has 1 aliphatic rings. The first-order valence-corrected chi connectivity index (χ1v) is 12.9. The summed E-state index contributed by atoms with van der Waals surface area (Å²) in [6, 6.07) is 12.3. The van der Waals surface area contributed by atoms with Crippen LogP contribution in [0.25, 0.3) is 5.69 Å². The van der Waals surface area contributed by atoms with Crippen LogP contribution in [0.4, 0.5) is 5.69 Å². The van der Waals surface area contributed by atoms with Gasteiger partial charge in [0, 0.05) is 49.9 Å². The van der Waals surface area contributed by atoms with E-state index in [0.717, 1.165) is 27.7 Å². The molecule has 2 aromatic carbocycles. The van der Waals surface area contributed by atoms with Crippen LogP contribution in [-0.4, -0.2) is 69.6 Å². The van der Waals surface area contributed by atoms with Gasteiger partial charge in [-0.15, -0.1) is 0 Å². The summed E-state index contributed by atoms with van der Waals surface area (Å²) in [7, 11) is 0. The van der Waals surface area contributed by atoms with Gasteiger partial charge in [0.15, 0.2) is 5.16 Å². The lowest BCUT2D eigenvalue weighted by molar-refractivity contribution is -0.130. The third-order valence-electron chi connectivity index (χ3n) is 6.54. The van der Waals surface area contributed by atoms with Crippen molar-refractivity contribution in [2.24, 2.45) is 0 Å². The smallest absolute Gasteiger partial charge is 0.238 e. The molecule has 1 N–H and O–H groups in total. The molecule has 7 nitrogen and oxygen atoms in total. The molecule has 0 bridgehead atoms.